The summed E-state index contributed by atoms with van der Waals surface area (Å²) >= 11 is 1.78. The summed E-state index contributed by atoms with van der Waals surface area (Å²) in [7, 11) is 3.52. The molecule has 1 aliphatic heterocycles. The van der Waals surface area contributed by atoms with Gasteiger partial charge in [-0.05, 0) is 12.8 Å². The van der Waals surface area contributed by atoms with E-state index in [4.69, 9.17) is 9.47 Å². The van der Waals surface area contributed by atoms with Crippen molar-refractivity contribution in [3.8, 4) is 0 Å². The fraction of sp³-hybridized carbons (Fsp3) is 0.769. The number of nitrogens with one attached hydrogen (secondary N) is 1. The standard InChI is InChI=1S/C13H23N3O2S/c1-17-8-5-14-9-12-10-15-13(19-12)16-6-3-11(18-2)4-7-16/h10-11,14H,3-9H2,1-2H3. The summed E-state index contributed by atoms with van der Waals surface area (Å²) in [6.07, 6.45) is 4.59. The predicted octanol–water partition coefficient (Wildman–Crippen LogP) is 1.49. The van der Waals surface area contributed by atoms with Crippen molar-refractivity contribution in [2.75, 3.05) is 45.4 Å². The molecule has 0 spiro atoms. The fourth-order valence-corrected chi connectivity index (χ4v) is 3.12. The molecule has 0 radical (unpaired) electrons. The summed E-state index contributed by atoms with van der Waals surface area (Å²) in [5.74, 6) is 0. The van der Waals surface area contributed by atoms with E-state index in [1.807, 2.05) is 6.20 Å². The van der Waals surface area contributed by atoms with Gasteiger partial charge in [0.25, 0.3) is 0 Å². The molecule has 1 aromatic rings. The molecule has 0 atom stereocenters. The highest BCUT2D eigenvalue weighted by molar-refractivity contribution is 7.15. The van der Waals surface area contributed by atoms with Crippen LogP contribution in [0.1, 0.15) is 17.7 Å². The maximum absolute atomic E-state index is 5.39. The third-order valence-corrected chi connectivity index (χ3v) is 4.43. The van der Waals surface area contributed by atoms with Crippen molar-refractivity contribution < 1.29 is 9.47 Å². The van der Waals surface area contributed by atoms with Gasteiger partial charge < -0.3 is 19.7 Å². The lowest BCUT2D eigenvalue weighted by Crippen LogP contribution is -2.36. The Labute approximate surface area is 118 Å². The first-order valence-electron chi connectivity index (χ1n) is 6.75. The zero-order chi connectivity index (χ0) is 13.5. The van der Waals surface area contributed by atoms with Gasteiger partial charge in [0, 0.05) is 51.5 Å². The molecule has 19 heavy (non-hydrogen) atoms. The first-order chi connectivity index (χ1) is 9.33. The van der Waals surface area contributed by atoms with E-state index in [0.717, 1.165) is 50.8 Å². The number of nitrogens with zero attached hydrogens (tertiary/aromatic N) is 2. The third-order valence-electron chi connectivity index (χ3n) is 3.37. The number of aromatic nitrogens is 1. The van der Waals surface area contributed by atoms with Gasteiger partial charge in [-0.25, -0.2) is 4.98 Å². The Balaban J connectivity index is 1.77. The van der Waals surface area contributed by atoms with Crippen LogP contribution < -0.4 is 10.2 Å². The number of hydrogen-bond donors (Lipinski definition) is 1. The first-order valence-corrected chi connectivity index (χ1v) is 7.57. The van der Waals surface area contributed by atoms with E-state index in [-0.39, 0.29) is 0 Å². The summed E-state index contributed by atoms with van der Waals surface area (Å²) in [6.45, 7) is 4.58. The molecule has 1 saturated heterocycles. The molecule has 5 nitrogen and oxygen atoms in total. The molecule has 108 valence electrons. The molecule has 1 fully saturated rings. The smallest absolute Gasteiger partial charge is 0.185 e. The maximum atomic E-state index is 5.39. The predicted molar refractivity (Wildman–Crippen MR) is 77.9 cm³/mol. The molecule has 1 aliphatic rings. The lowest BCUT2D eigenvalue weighted by atomic mass is 10.1. The Bertz CT molecular complexity index is 365. The molecular formula is C13H23N3O2S. The summed E-state index contributed by atoms with van der Waals surface area (Å²) < 4.78 is 10.4. The lowest BCUT2D eigenvalue weighted by molar-refractivity contribution is 0.0819. The van der Waals surface area contributed by atoms with Crippen LogP contribution in [0, 0.1) is 0 Å². The average Bonchev–Trinajstić information content (AvgIpc) is 2.92. The molecule has 0 saturated carbocycles. The van der Waals surface area contributed by atoms with E-state index in [9.17, 15) is 0 Å². The highest BCUT2D eigenvalue weighted by Crippen LogP contribution is 2.26. The van der Waals surface area contributed by atoms with Crippen molar-refractivity contribution >= 4 is 16.5 Å². The maximum Gasteiger partial charge on any atom is 0.185 e. The van der Waals surface area contributed by atoms with E-state index < -0.39 is 0 Å². The first kappa shape index (κ1) is 14.7. The van der Waals surface area contributed by atoms with E-state index in [1.54, 1.807) is 25.6 Å². The number of rotatable bonds is 7. The van der Waals surface area contributed by atoms with E-state index in [0.29, 0.717) is 6.10 Å². The number of piperidine rings is 1. The minimum absolute atomic E-state index is 0.423. The van der Waals surface area contributed by atoms with Gasteiger partial charge in [-0.2, -0.15) is 0 Å². The largest absolute Gasteiger partial charge is 0.383 e. The zero-order valence-electron chi connectivity index (χ0n) is 11.7. The Morgan fingerprint density at radius 2 is 2.21 bits per heavy atom. The second kappa shape index (κ2) is 7.79. The molecule has 6 heteroatoms. The third kappa shape index (κ3) is 4.42. The highest BCUT2D eigenvalue weighted by atomic mass is 32.1. The van der Waals surface area contributed by atoms with Crippen LogP contribution in [0.15, 0.2) is 6.20 Å². The summed E-state index contributed by atoms with van der Waals surface area (Å²) in [5, 5.41) is 4.48. The van der Waals surface area contributed by atoms with Gasteiger partial charge >= 0.3 is 0 Å². The van der Waals surface area contributed by atoms with Crippen LogP contribution >= 0.6 is 11.3 Å². The molecule has 1 aromatic heterocycles. The Hall–Kier alpha value is -0.690. The summed E-state index contributed by atoms with van der Waals surface area (Å²) in [6, 6.07) is 0. The molecule has 2 heterocycles. The van der Waals surface area contributed by atoms with E-state index in [1.165, 1.54) is 4.88 Å². The monoisotopic (exact) mass is 285 g/mol. The van der Waals surface area contributed by atoms with Crippen LogP contribution in [-0.2, 0) is 16.0 Å². The minimum atomic E-state index is 0.423. The molecule has 0 aliphatic carbocycles. The lowest BCUT2D eigenvalue weighted by Gasteiger charge is -2.30. The van der Waals surface area contributed by atoms with Crippen LogP contribution in [0.3, 0.4) is 0 Å². The zero-order valence-corrected chi connectivity index (χ0v) is 12.5. The molecular weight excluding hydrogens is 262 g/mol. The van der Waals surface area contributed by atoms with Crippen molar-refractivity contribution in [3.63, 3.8) is 0 Å². The van der Waals surface area contributed by atoms with Crippen LogP contribution in [0.2, 0.25) is 0 Å². The number of thiazole rings is 1. The number of methoxy groups -OCH3 is 2. The van der Waals surface area contributed by atoms with E-state index >= 15 is 0 Å². The normalized spacial score (nSPS) is 17.1. The van der Waals surface area contributed by atoms with Gasteiger partial charge in [0.05, 0.1) is 12.7 Å². The van der Waals surface area contributed by atoms with Crippen molar-refractivity contribution in [2.24, 2.45) is 0 Å². The molecule has 0 amide bonds. The Morgan fingerprint density at radius 1 is 1.42 bits per heavy atom. The second-order valence-electron chi connectivity index (χ2n) is 4.70. The van der Waals surface area contributed by atoms with E-state index in [2.05, 4.69) is 15.2 Å². The van der Waals surface area contributed by atoms with Crippen LogP contribution in [-0.4, -0.2) is 51.5 Å². The number of anilines is 1. The van der Waals surface area contributed by atoms with Crippen molar-refractivity contribution in [1.82, 2.24) is 10.3 Å². The summed E-state index contributed by atoms with van der Waals surface area (Å²) in [4.78, 5) is 8.16. The quantitative estimate of drug-likeness (QED) is 0.769. The highest BCUT2D eigenvalue weighted by Gasteiger charge is 2.20. The molecule has 1 N–H and O–H groups in total. The molecule has 0 aromatic carbocycles. The summed E-state index contributed by atoms with van der Waals surface area (Å²) in [5.41, 5.74) is 0. The van der Waals surface area contributed by atoms with Crippen LogP contribution in [0.5, 0.6) is 0 Å². The van der Waals surface area contributed by atoms with Gasteiger partial charge in [-0.15, -0.1) is 11.3 Å². The molecule has 0 bridgehead atoms. The average molecular weight is 285 g/mol. The molecule has 0 unspecified atom stereocenters. The minimum Gasteiger partial charge on any atom is -0.383 e. The van der Waals surface area contributed by atoms with Crippen molar-refractivity contribution in [2.45, 2.75) is 25.5 Å². The fourth-order valence-electron chi connectivity index (χ4n) is 2.19. The van der Waals surface area contributed by atoms with Crippen molar-refractivity contribution in [3.05, 3.63) is 11.1 Å². The van der Waals surface area contributed by atoms with Gasteiger partial charge in [0.1, 0.15) is 0 Å². The van der Waals surface area contributed by atoms with Gasteiger partial charge in [-0.3, -0.25) is 0 Å². The second-order valence-corrected chi connectivity index (χ2v) is 5.79. The Morgan fingerprint density at radius 3 is 2.89 bits per heavy atom. The SMILES string of the molecule is COCCNCc1cnc(N2CCC(OC)CC2)s1. The van der Waals surface area contributed by atoms with Crippen LogP contribution in [0.4, 0.5) is 5.13 Å². The topological polar surface area (TPSA) is 46.6 Å². The van der Waals surface area contributed by atoms with Gasteiger partial charge in [0.2, 0.25) is 0 Å². The number of ether oxygens (including phenoxy) is 2. The Kier molecular flexibility index (Phi) is 6.03. The van der Waals surface area contributed by atoms with Gasteiger partial charge in [-0.1, -0.05) is 0 Å². The molecule has 2 rings (SSSR count). The van der Waals surface area contributed by atoms with Crippen LogP contribution in [0.25, 0.3) is 0 Å². The number of hydrogen-bond acceptors (Lipinski definition) is 6. The van der Waals surface area contributed by atoms with Gasteiger partial charge in [0.15, 0.2) is 5.13 Å². The van der Waals surface area contributed by atoms with Crippen molar-refractivity contribution in [1.29, 1.82) is 0 Å².